The van der Waals surface area contributed by atoms with Crippen molar-refractivity contribution in [3.05, 3.63) is 0 Å². The molecule has 1 aliphatic carbocycles. The van der Waals surface area contributed by atoms with E-state index in [4.69, 9.17) is 0 Å². The maximum atomic E-state index is 3.20. The summed E-state index contributed by atoms with van der Waals surface area (Å²) in [5.41, 5.74) is 0. The fourth-order valence-corrected chi connectivity index (χ4v) is 2.88. The lowest BCUT2D eigenvalue weighted by molar-refractivity contribution is 0.283. The van der Waals surface area contributed by atoms with E-state index in [1.54, 1.807) is 0 Å². The van der Waals surface area contributed by atoms with Gasteiger partial charge in [0, 0.05) is 5.25 Å². The highest BCUT2D eigenvalue weighted by Crippen LogP contribution is 2.34. The highest BCUT2D eigenvalue weighted by molar-refractivity contribution is 7.98. The van der Waals surface area contributed by atoms with Crippen LogP contribution in [-0.4, -0.2) is 12.3 Å². The molecule has 12 heavy (non-hydrogen) atoms. The minimum absolute atomic E-state index is 0.880. The van der Waals surface area contributed by atoms with Crippen LogP contribution in [0.15, 0.2) is 0 Å². The van der Waals surface area contributed by atoms with E-state index in [0.717, 1.165) is 17.1 Å². The Labute approximate surface area is 80.8 Å². The van der Waals surface area contributed by atoms with Gasteiger partial charge >= 0.3 is 0 Å². The zero-order valence-corrected chi connectivity index (χ0v) is 9.29. The van der Waals surface area contributed by atoms with Crippen molar-refractivity contribution in [2.24, 2.45) is 11.8 Å². The molecule has 1 nitrogen and oxygen atoms in total. The Bertz CT molecular complexity index is 117. The molecule has 1 fully saturated rings. The van der Waals surface area contributed by atoms with E-state index in [1.165, 1.54) is 25.7 Å². The fourth-order valence-electron chi connectivity index (χ4n) is 2.04. The average molecular weight is 187 g/mol. The molecular weight excluding hydrogens is 166 g/mol. The van der Waals surface area contributed by atoms with Crippen LogP contribution in [0.1, 0.15) is 39.5 Å². The van der Waals surface area contributed by atoms with Crippen molar-refractivity contribution in [2.75, 3.05) is 7.05 Å². The smallest absolute Gasteiger partial charge is 0.0193 e. The van der Waals surface area contributed by atoms with Crippen molar-refractivity contribution in [2.45, 2.75) is 44.8 Å². The second-order valence-corrected chi connectivity index (χ2v) is 5.41. The lowest BCUT2D eigenvalue weighted by Crippen LogP contribution is -2.21. The van der Waals surface area contributed by atoms with Crippen LogP contribution in [0.25, 0.3) is 0 Å². The van der Waals surface area contributed by atoms with Gasteiger partial charge in [-0.3, -0.25) is 4.72 Å². The topological polar surface area (TPSA) is 12.0 Å². The predicted molar refractivity (Wildman–Crippen MR) is 57.2 cm³/mol. The first kappa shape index (κ1) is 10.4. The third kappa shape index (κ3) is 2.98. The molecule has 1 saturated carbocycles. The van der Waals surface area contributed by atoms with Crippen molar-refractivity contribution >= 4 is 11.9 Å². The summed E-state index contributed by atoms with van der Waals surface area (Å²) in [6.07, 6.45) is 5.71. The van der Waals surface area contributed by atoms with Crippen molar-refractivity contribution in [1.82, 2.24) is 4.72 Å². The van der Waals surface area contributed by atoms with E-state index in [9.17, 15) is 0 Å². The number of hydrogen-bond donors (Lipinski definition) is 1. The Morgan fingerprint density at radius 2 is 1.75 bits per heavy atom. The summed E-state index contributed by atoms with van der Waals surface area (Å²) >= 11 is 1.92. The molecule has 0 aromatic rings. The van der Waals surface area contributed by atoms with Gasteiger partial charge < -0.3 is 0 Å². The molecule has 0 radical (unpaired) electrons. The molecule has 0 aromatic heterocycles. The van der Waals surface area contributed by atoms with Gasteiger partial charge in [0.2, 0.25) is 0 Å². The molecule has 1 N–H and O–H groups in total. The van der Waals surface area contributed by atoms with Crippen LogP contribution in [0.3, 0.4) is 0 Å². The van der Waals surface area contributed by atoms with Crippen molar-refractivity contribution in [3.8, 4) is 0 Å². The Balaban J connectivity index is 2.20. The number of nitrogens with one attached hydrogen (secondary N) is 1. The van der Waals surface area contributed by atoms with Gasteiger partial charge in [0.1, 0.15) is 0 Å². The summed E-state index contributed by atoms with van der Waals surface area (Å²) in [5, 5.41) is 0.880. The molecular formula is C10H21NS. The van der Waals surface area contributed by atoms with Gasteiger partial charge in [0.15, 0.2) is 0 Å². The standard InChI is InChI=1S/C10H21NS/c1-8(2)9-4-6-10(7-5-9)12-11-3/h8-11H,4-7H2,1-3H3. The molecule has 0 saturated heterocycles. The maximum Gasteiger partial charge on any atom is 0.0193 e. The van der Waals surface area contributed by atoms with Gasteiger partial charge in [0.05, 0.1) is 0 Å². The van der Waals surface area contributed by atoms with E-state index in [1.807, 2.05) is 19.0 Å². The SMILES string of the molecule is CNSC1CCC(C(C)C)CC1. The highest BCUT2D eigenvalue weighted by atomic mass is 32.2. The van der Waals surface area contributed by atoms with Crippen LogP contribution < -0.4 is 4.72 Å². The van der Waals surface area contributed by atoms with E-state index in [0.29, 0.717) is 0 Å². The second-order valence-electron chi connectivity index (χ2n) is 4.10. The van der Waals surface area contributed by atoms with E-state index >= 15 is 0 Å². The Morgan fingerprint density at radius 1 is 1.17 bits per heavy atom. The van der Waals surface area contributed by atoms with Crippen LogP contribution >= 0.6 is 11.9 Å². The molecule has 0 atom stereocenters. The van der Waals surface area contributed by atoms with Gasteiger partial charge in [-0.05, 0) is 44.6 Å². The molecule has 1 aliphatic rings. The third-order valence-electron chi connectivity index (χ3n) is 2.95. The average Bonchev–Trinajstić information content (AvgIpc) is 2.06. The van der Waals surface area contributed by atoms with Crippen LogP contribution in [0.5, 0.6) is 0 Å². The third-order valence-corrected chi connectivity index (χ3v) is 3.99. The Morgan fingerprint density at radius 3 is 2.17 bits per heavy atom. The quantitative estimate of drug-likeness (QED) is 0.682. The number of hydrogen-bond acceptors (Lipinski definition) is 2. The van der Waals surface area contributed by atoms with Crippen LogP contribution in [0.4, 0.5) is 0 Å². The van der Waals surface area contributed by atoms with E-state index < -0.39 is 0 Å². The number of rotatable bonds is 3. The molecule has 0 spiro atoms. The van der Waals surface area contributed by atoms with Crippen LogP contribution in [0.2, 0.25) is 0 Å². The summed E-state index contributed by atoms with van der Waals surface area (Å²) in [5.74, 6) is 1.89. The van der Waals surface area contributed by atoms with Crippen LogP contribution in [0, 0.1) is 11.8 Å². The maximum absolute atomic E-state index is 3.20. The van der Waals surface area contributed by atoms with Gasteiger partial charge in [-0.1, -0.05) is 25.8 Å². The summed E-state index contributed by atoms with van der Waals surface area (Å²) in [7, 11) is 2.03. The zero-order chi connectivity index (χ0) is 8.97. The van der Waals surface area contributed by atoms with E-state index in [-0.39, 0.29) is 0 Å². The molecule has 0 bridgehead atoms. The van der Waals surface area contributed by atoms with Crippen molar-refractivity contribution in [1.29, 1.82) is 0 Å². The molecule has 72 valence electrons. The molecule has 1 rings (SSSR count). The molecule has 2 heteroatoms. The lowest BCUT2D eigenvalue weighted by Gasteiger charge is -2.30. The van der Waals surface area contributed by atoms with Gasteiger partial charge in [-0.2, -0.15) is 0 Å². The van der Waals surface area contributed by atoms with Crippen molar-refractivity contribution < 1.29 is 0 Å². The summed E-state index contributed by atoms with van der Waals surface area (Å²) in [6, 6.07) is 0. The predicted octanol–water partition coefficient (Wildman–Crippen LogP) is 3.07. The molecule has 0 unspecified atom stereocenters. The Kier molecular flexibility index (Phi) is 4.44. The normalized spacial score (nSPS) is 31.0. The first-order chi connectivity index (χ1) is 5.74. The first-order valence-electron chi connectivity index (χ1n) is 5.06. The highest BCUT2D eigenvalue weighted by Gasteiger charge is 2.22. The monoisotopic (exact) mass is 187 g/mol. The fraction of sp³-hybridized carbons (Fsp3) is 1.00. The largest absolute Gasteiger partial charge is 0.267 e. The molecule has 0 amide bonds. The van der Waals surface area contributed by atoms with Crippen LogP contribution in [-0.2, 0) is 0 Å². The lowest BCUT2D eigenvalue weighted by atomic mass is 9.82. The van der Waals surface area contributed by atoms with E-state index in [2.05, 4.69) is 18.6 Å². The summed E-state index contributed by atoms with van der Waals surface area (Å²) < 4.78 is 3.20. The summed E-state index contributed by atoms with van der Waals surface area (Å²) in [6.45, 7) is 4.71. The van der Waals surface area contributed by atoms with Gasteiger partial charge in [-0.15, -0.1) is 0 Å². The summed E-state index contributed by atoms with van der Waals surface area (Å²) in [4.78, 5) is 0. The minimum Gasteiger partial charge on any atom is -0.267 e. The molecule has 0 aromatic carbocycles. The van der Waals surface area contributed by atoms with Gasteiger partial charge in [0.25, 0.3) is 0 Å². The minimum atomic E-state index is 0.880. The van der Waals surface area contributed by atoms with Crippen molar-refractivity contribution in [3.63, 3.8) is 0 Å². The second kappa shape index (κ2) is 5.13. The zero-order valence-electron chi connectivity index (χ0n) is 8.47. The molecule has 0 heterocycles. The first-order valence-corrected chi connectivity index (χ1v) is 5.94. The Hall–Kier alpha value is 0.310. The van der Waals surface area contributed by atoms with Gasteiger partial charge in [-0.25, -0.2) is 0 Å². The molecule has 0 aliphatic heterocycles.